The first-order valence-corrected chi connectivity index (χ1v) is 22.3. The van der Waals surface area contributed by atoms with Crippen molar-refractivity contribution >= 4 is 23.2 Å². The van der Waals surface area contributed by atoms with Gasteiger partial charge >= 0.3 is 0 Å². The van der Waals surface area contributed by atoms with Gasteiger partial charge in [-0.2, -0.15) is 0 Å². The second-order valence-electron chi connectivity index (χ2n) is 18.1. The largest absolute Gasteiger partial charge is 0.490 e. The minimum absolute atomic E-state index is 0.0665. The first-order chi connectivity index (χ1) is 30.3. The zero-order valence-electron chi connectivity index (χ0n) is 37.7. The molecular formula is C55H62N4O4. The number of rotatable bonds is 10. The van der Waals surface area contributed by atoms with E-state index in [1.165, 1.54) is 5.56 Å². The second kappa shape index (κ2) is 20.8. The summed E-state index contributed by atoms with van der Waals surface area (Å²) >= 11 is 0. The molecule has 0 spiro atoms. The predicted octanol–water partition coefficient (Wildman–Crippen LogP) is 11.8. The number of amides is 2. The summed E-state index contributed by atoms with van der Waals surface area (Å²) in [6, 6.07) is 47.8. The summed E-state index contributed by atoms with van der Waals surface area (Å²) in [5, 5.41) is 6.03. The predicted molar refractivity (Wildman–Crippen MR) is 258 cm³/mol. The molecule has 2 saturated heterocycles. The highest BCUT2D eigenvalue weighted by molar-refractivity contribution is 6.05. The molecule has 8 nitrogen and oxygen atoms in total. The van der Waals surface area contributed by atoms with Crippen molar-refractivity contribution in [2.75, 3.05) is 50.9 Å². The van der Waals surface area contributed by atoms with Gasteiger partial charge in [0.05, 0.1) is 0 Å². The third kappa shape index (κ3) is 12.9. The van der Waals surface area contributed by atoms with E-state index in [1.807, 2.05) is 116 Å². The van der Waals surface area contributed by atoms with E-state index in [9.17, 15) is 9.59 Å². The standard InChI is InChI=1S/C29H34N2O2.C26H28N2O2/c1-29(2,3)24-12-8-22(9-13-24)28(32)30-25-7-5-6-23(20-25)21-10-14-26(15-11-21)33-27-16-18-31(4)19-17-27;1-19-5-3-7-22(17-19)26(29)27-23-8-4-6-21(18-23)20-9-11-24(12-10-20)30-25-13-15-28(2)16-14-25/h5-15,20,27H,16-19H2,1-4H3,(H,30,32);3-12,17-18,25H,13-16H2,1-2H3,(H,27,29). The van der Waals surface area contributed by atoms with Crippen LogP contribution in [0.5, 0.6) is 11.5 Å². The lowest BCUT2D eigenvalue weighted by atomic mass is 9.87. The summed E-state index contributed by atoms with van der Waals surface area (Å²) in [6.07, 6.45) is 4.87. The number of nitrogens with zero attached hydrogens (tertiary/aromatic N) is 2. The van der Waals surface area contributed by atoms with Crippen molar-refractivity contribution in [2.24, 2.45) is 0 Å². The van der Waals surface area contributed by atoms with Crippen molar-refractivity contribution < 1.29 is 19.1 Å². The number of nitrogens with one attached hydrogen (secondary N) is 2. The van der Waals surface area contributed by atoms with Crippen LogP contribution in [0.3, 0.4) is 0 Å². The van der Waals surface area contributed by atoms with Crippen molar-refractivity contribution in [3.05, 3.63) is 168 Å². The molecule has 0 aromatic heterocycles. The Bertz CT molecular complexity index is 2420. The molecule has 2 fully saturated rings. The van der Waals surface area contributed by atoms with Gasteiger partial charge in [-0.25, -0.2) is 0 Å². The Balaban J connectivity index is 0.000000190. The molecule has 6 aromatic carbocycles. The number of carbonyl (C=O) groups is 2. The van der Waals surface area contributed by atoms with Crippen LogP contribution < -0.4 is 20.1 Å². The molecule has 8 rings (SSSR count). The lowest BCUT2D eigenvalue weighted by Gasteiger charge is -2.29. The van der Waals surface area contributed by atoms with Crippen LogP contribution in [-0.4, -0.2) is 74.1 Å². The Labute approximate surface area is 374 Å². The van der Waals surface area contributed by atoms with Gasteiger partial charge in [0, 0.05) is 48.7 Å². The lowest BCUT2D eigenvalue weighted by molar-refractivity contribution is 0.101. The molecule has 2 amide bonds. The zero-order chi connectivity index (χ0) is 44.3. The zero-order valence-corrected chi connectivity index (χ0v) is 37.7. The molecule has 0 aliphatic carbocycles. The average Bonchev–Trinajstić information content (AvgIpc) is 3.28. The number of ether oxygens (including phenoxy) is 2. The van der Waals surface area contributed by atoms with Crippen molar-refractivity contribution in [2.45, 2.75) is 71.0 Å². The molecule has 2 aliphatic heterocycles. The maximum atomic E-state index is 12.7. The minimum atomic E-state index is -0.102. The highest BCUT2D eigenvalue weighted by Gasteiger charge is 2.20. The molecule has 326 valence electrons. The minimum Gasteiger partial charge on any atom is -0.490 e. The number of hydrogen-bond donors (Lipinski definition) is 2. The monoisotopic (exact) mass is 842 g/mol. The van der Waals surface area contributed by atoms with E-state index in [0.717, 1.165) is 103 Å². The van der Waals surface area contributed by atoms with Crippen LogP contribution >= 0.6 is 0 Å². The van der Waals surface area contributed by atoms with E-state index in [-0.39, 0.29) is 17.2 Å². The number of piperidine rings is 2. The molecule has 2 aliphatic rings. The van der Waals surface area contributed by atoms with Gasteiger partial charge in [0.1, 0.15) is 23.7 Å². The van der Waals surface area contributed by atoms with Crippen LogP contribution in [0.2, 0.25) is 0 Å². The Morgan fingerprint density at radius 2 is 0.937 bits per heavy atom. The fourth-order valence-corrected chi connectivity index (χ4v) is 7.91. The molecule has 2 N–H and O–H groups in total. The number of aryl methyl sites for hydroxylation is 1. The van der Waals surface area contributed by atoms with E-state index in [2.05, 4.69) is 91.7 Å². The van der Waals surface area contributed by atoms with E-state index in [4.69, 9.17) is 9.47 Å². The molecule has 0 bridgehead atoms. The summed E-state index contributed by atoms with van der Waals surface area (Å²) < 4.78 is 12.3. The quantitative estimate of drug-likeness (QED) is 0.143. The molecule has 0 unspecified atom stereocenters. The summed E-state index contributed by atoms with van der Waals surface area (Å²) in [6.45, 7) is 12.8. The van der Waals surface area contributed by atoms with E-state index in [1.54, 1.807) is 0 Å². The number of carbonyl (C=O) groups excluding carboxylic acids is 2. The van der Waals surface area contributed by atoms with Crippen molar-refractivity contribution in [3.63, 3.8) is 0 Å². The molecule has 0 saturated carbocycles. The molecular weight excluding hydrogens is 781 g/mol. The maximum Gasteiger partial charge on any atom is 0.255 e. The molecule has 6 aromatic rings. The van der Waals surface area contributed by atoms with Gasteiger partial charge in [-0.1, -0.05) is 99.1 Å². The second-order valence-corrected chi connectivity index (χ2v) is 18.1. The van der Waals surface area contributed by atoms with Gasteiger partial charge in [0.15, 0.2) is 0 Å². The van der Waals surface area contributed by atoms with Crippen LogP contribution in [0.25, 0.3) is 22.3 Å². The molecule has 63 heavy (non-hydrogen) atoms. The van der Waals surface area contributed by atoms with Crippen molar-refractivity contribution in [1.29, 1.82) is 0 Å². The summed E-state index contributed by atoms with van der Waals surface area (Å²) in [5.74, 6) is 1.63. The number of hydrogen-bond acceptors (Lipinski definition) is 6. The highest BCUT2D eigenvalue weighted by Crippen LogP contribution is 2.29. The summed E-state index contributed by atoms with van der Waals surface area (Å²) in [4.78, 5) is 30.0. The molecule has 8 heteroatoms. The van der Waals surface area contributed by atoms with Crippen LogP contribution in [0.15, 0.2) is 146 Å². The van der Waals surface area contributed by atoms with Crippen LogP contribution in [0.4, 0.5) is 11.4 Å². The number of anilines is 2. The van der Waals surface area contributed by atoms with E-state index in [0.29, 0.717) is 23.3 Å². The van der Waals surface area contributed by atoms with Crippen LogP contribution in [0.1, 0.15) is 78.3 Å². The summed E-state index contributed by atoms with van der Waals surface area (Å²) in [7, 11) is 4.31. The van der Waals surface area contributed by atoms with Gasteiger partial charge in [0.2, 0.25) is 0 Å². The lowest BCUT2D eigenvalue weighted by Crippen LogP contribution is -2.35. The maximum absolute atomic E-state index is 12.7. The van der Waals surface area contributed by atoms with Crippen LogP contribution in [-0.2, 0) is 5.41 Å². The van der Waals surface area contributed by atoms with Crippen LogP contribution in [0, 0.1) is 6.92 Å². The first kappa shape index (κ1) is 44.8. The SMILES string of the molecule is CN1CCC(Oc2ccc(-c3cccc(NC(=O)c4ccc(C(C)(C)C)cc4)c3)cc2)CC1.Cc1cccc(C(=O)Nc2cccc(-c3ccc(OC4CCN(C)CC4)cc3)c2)c1. The number of benzene rings is 6. The first-order valence-electron chi connectivity index (χ1n) is 22.3. The number of likely N-dealkylation sites (tertiary alicyclic amines) is 2. The Kier molecular flexibility index (Phi) is 14.8. The normalized spacial score (nSPS) is 15.1. The molecule has 0 atom stereocenters. The average molecular weight is 843 g/mol. The van der Waals surface area contributed by atoms with E-state index < -0.39 is 0 Å². The Morgan fingerprint density at radius 3 is 1.37 bits per heavy atom. The fraction of sp³-hybridized carbons (Fsp3) is 0.309. The topological polar surface area (TPSA) is 83.1 Å². The van der Waals surface area contributed by atoms with Gasteiger partial charge in [-0.05, 0) is 153 Å². The Hall–Kier alpha value is -6.22. The van der Waals surface area contributed by atoms with Gasteiger partial charge in [0.25, 0.3) is 11.8 Å². The molecule has 0 radical (unpaired) electrons. The van der Waals surface area contributed by atoms with Gasteiger partial charge in [-0.3, -0.25) is 9.59 Å². The van der Waals surface area contributed by atoms with Gasteiger partial charge < -0.3 is 29.9 Å². The van der Waals surface area contributed by atoms with Crippen molar-refractivity contribution in [3.8, 4) is 33.8 Å². The highest BCUT2D eigenvalue weighted by atomic mass is 16.5. The van der Waals surface area contributed by atoms with E-state index >= 15 is 0 Å². The molecule has 2 heterocycles. The van der Waals surface area contributed by atoms with Crippen molar-refractivity contribution in [1.82, 2.24) is 9.80 Å². The third-order valence-corrected chi connectivity index (χ3v) is 11.8. The third-order valence-electron chi connectivity index (χ3n) is 11.8. The summed E-state index contributed by atoms with van der Waals surface area (Å²) in [5.41, 5.74) is 9.53. The van der Waals surface area contributed by atoms with Gasteiger partial charge in [-0.15, -0.1) is 0 Å². The Morgan fingerprint density at radius 1 is 0.508 bits per heavy atom. The smallest absolute Gasteiger partial charge is 0.255 e. The fourth-order valence-electron chi connectivity index (χ4n) is 7.91.